The highest BCUT2D eigenvalue weighted by atomic mass is 19.3. The normalized spacial score (nSPS) is 19.5. The van der Waals surface area contributed by atoms with Gasteiger partial charge >= 0.3 is 0 Å². The molecule has 0 aliphatic carbocycles. The monoisotopic (exact) mass is 218 g/mol. The Kier molecular flexibility index (Phi) is 2.21. The number of alkyl halides is 2. The van der Waals surface area contributed by atoms with Gasteiger partial charge in [0.25, 0.3) is 11.8 Å². The van der Waals surface area contributed by atoms with Crippen LogP contribution >= 0.6 is 0 Å². The van der Waals surface area contributed by atoms with Gasteiger partial charge in [-0.1, -0.05) is 0 Å². The number of halogens is 3. The van der Waals surface area contributed by atoms with Crippen LogP contribution in [0.2, 0.25) is 0 Å². The Morgan fingerprint density at radius 1 is 1.53 bits per heavy atom. The van der Waals surface area contributed by atoms with Crippen molar-refractivity contribution in [3.63, 3.8) is 0 Å². The molecule has 1 saturated heterocycles. The van der Waals surface area contributed by atoms with Gasteiger partial charge in [0.2, 0.25) is 0 Å². The SMILES string of the molecule is O=C(c1cc(F)c[nH]1)N1CCC(F)(F)C1. The molecule has 0 radical (unpaired) electrons. The van der Waals surface area contributed by atoms with E-state index in [0.717, 1.165) is 17.2 Å². The predicted molar refractivity (Wildman–Crippen MR) is 46.2 cm³/mol. The second-order valence-corrected chi connectivity index (χ2v) is 3.56. The molecule has 0 atom stereocenters. The van der Waals surface area contributed by atoms with E-state index in [1.807, 2.05) is 0 Å². The van der Waals surface area contributed by atoms with Gasteiger partial charge in [0.1, 0.15) is 11.5 Å². The first-order valence-corrected chi connectivity index (χ1v) is 4.49. The molecule has 2 rings (SSSR count). The van der Waals surface area contributed by atoms with Gasteiger partial charge in [0.15, 0.2) is 0 Å². The Labute approximate surface area is 83.9 Å². The van der Waals surface area contributed by atoms with Crippen molar-refractivity contribution in [3.8, 4) is 0 Å². The summed E-state index contributed by atoms with van der Waals surface area (Å²) in [6, 6.07) is 0.999. The molecule has 0 unspecified atom stereocenters. The topological polar surface area (TPSA) is 36.1 Å². The average Bonchev–Trinajstić information content (AvgIpc) is 2.71. The molecule has 2 heterocycles. The lowest BCUT2D eigenvalue weighted by Gasteiger charge is -2.14. The fraction of sp³-hybridized carbons (Fsp3) is 0.444. The number of rotatable bonds is 1. The van der Waals surface area contributed by atoms with Crippen LogP contribution in [0.1, 0.15) is 16.9 Å². The number of H-pyrrole nitrogens is 1. The van der Waals surface area contributed by atoms with Crippen molar-refractivity contribution in [3.05, 3.63) is 23.8 Å². The van der Waals surface area contributed by atoms with E-state index < -0.39 is 24.2 Å². The van der Waals surface area contributed by atoms with Crippen LogP contribution in [0.3, 0.4) is 0 Å². The first kappa shape index (κ1) is 10.1. The van der Waals surface area contributed by atoms with E-state index in [1.54, 1.807) is 0 Å². The van der Waals surface area contributed by atoms with Gasteiger partial charge in [-0.3, -0.25) is 4.79 Å². The summed E-state index contributed by atoms with van der Waals surface area (Å²) in [5, 5.41) is 0. The highest BCUT2D eigenvalue weighted by molar-refractivity contribution is 5.92. The summed E-state index contributed by atoms with van der Waals surface area (Å²) in [5.41, 5.74) is 0.00481. The Morgan fingerprint density at radius 2 is 2.27 bits per heavy atom. The van der Waals surface area contributed by atoms with E-state index in [9.17, 15) is 18.0 Å². The fourth-order valence-electron chi connectivity index (χ4n) is 1.57. The van der Waals surface area contributed by atoms with Crippen molar-refractivity contribution in [1.29, 1.82) is 0 Å². The maximum absolute atomic E-state index is 12.8. The standard InChI is InChI=1S/C9H9F3N2O/c10-6-3-7(13-4-6)8(15)14-2-1-9(11,12)5-14/h3-4,13H,1-2,5H2. The van der Waals surface area contributed by atoms with Crippen LogP contribution < -0.4 is 0 Å². The lowest BCUT2D eigenvalue weighted by atomic mass is 10.3. The van der Waals surface area contributed by atoms with Crippen molar-refractivity contribution in [1.82, 2.24) is 9.88 Å². The molecule has 1 aromatic heterocycles. The number of carbonyl (C=O) groups excluding carboxylic acids is 1. The summed E-state index contributed by atoms with van der Waals surface area (Å²) in [7, 11) is 0. The Hall–Kier alpha value is -1.46. The van der Waals surface area contributed by atoms with E-state index in [2.05, 4.69) is 4.98 Å². The summed E-state index contributed by atoms with van der Waals surface area (Å²) in [4.78, 5) is 15.0. The van der Waals surface area contributed by atoms with Gasteiger partial charge < -0.3 is 9.88 Å². The number of likely N-dealkylation sites (tertiary alicyclic amines) is 1. The first-order chi connectivity index (χ1) is 6.98. The molecular formula is C9H9F3N2O. The molecule has 0 spiro atoms. The molecule has 1 N–H and O–H groups in total. The smallest absolute Gasteiger partial charge is 0.270 e. The fourth-order valence-corrected chi connectivity index (χ4v) is 1.57. The summed E-state index contributed by atoms with van der Waals surface area (Å²) in [6.07, 6.45) is 0.684. The summed E-state index contributed by atoms with van der Waals surface area (Å²) in [6.45, 7) is -0.584. The summed E-state index contributed by atoms with van der Waals surface area (Å²) in [5.74, 6) is -3.98. The molecule has 3 nitrogen and oxygen atoms in total. The maximum Gasteiger partial charge on any atom is 0.270 e. The number of aromatic amines is 1. The van der Waals surface area contributed by atoms with Gasteiger partial charge in [-0.05, 0) is 0 Å². The average molecular weight is 218 g/mol. The quantitative estimate of drug-likeness (QED) is 0.764. The number of amides is 1. The van der Waals surface area contributed by atoms with Crippen LogP contribution in [-0.2, 0) is 0 Å². The number of hydrogen-bond donors (Lipinski definition) is 1. The van der Waals surface area contributed by atoms with Gasteiger partial charge in [0, 0.05) is 25.2 Å². The minimum atomic E-state index is -2.82. The number of carbonyl (C=O) groups is 1. The van der Waals surface area contributed by atoms with Crippen LogP contribution in [0.5, 0.6) is 0 Å². The zero-order valence-corrected chi connectivity index (χ0v) is 7.77. The van der Waals surface area contributed by atoms with Gasteiger partial charge in [-0.2, -0.15) is 0 Å². The second-order valence-electron chi connectivity index (χ2n) is 3.56. The zero-order chi connectivity index (χ0) is 11.1. The maximum atomic E-state index is 12.8. The summed E-state index contributed by atoms with van der Waals surface area (Å²) < 4.78 is 38.2. The molecule has 0 saturated carbocycles. The molecule has 15 heavy (non-hydrogen) atoms. The molecule has 82 valence electrons. The van der Waals surface area contributed by atoms with Crippen LogP contribution in [0.25, 0.3) is 0 Å². The first-order valence-electron chi connectivity index (χ1n) is 4.49. The third kappa shape index (κ3) is 1.98. The minimum absolute atomic E-state index is 0.00481. The van der Waals surface area contributed by atoms with Crippen molar-refractivity contribution in [2.45, 2.75) is 12.3 Å². The molecule has 1 aliphatic rings. The van der Waals surface area contributed by atoms with Crippen molar-refractivity contribution < 1.29 is 18.0 Å². The van der Waals surface area contributed by atoms with E-state index in [4.69, 9.17) is 0 Å². The van der Waals surface area contributed by atoms with E-state index in [1.165, 1.54) is 0 Å². The van der Waals surface area contributed by atoms with Crippen LogP contribution in [0.15, 0.2) is 12.3 Å². The third-order valence-corrected chi connectivity index (χ3v) is 2.34. The third-order valence-electron chi connectivity index (χ3n) is 2.34. The molecule has 1 aliphatic heterocycles. The zero-order valence-electron chi connectivity index (χ0n) is 7.77. The lowest BCUT2D eigenvalue weighted by molar-refractivity contribution is 0.0119. The van der Waals surface area contributed by atoms with Crippen LogP contribution in [-0.4, -0.2) is 34.8 Å². The van der Waals surface area contributed by atoms with Crippen LogP contribution in [0.4, 0.5) is 13.2 Å². The molecule has 1 aromatic rings. The van der Waals surface area contributed by atoms with Gasteiger partial charge in [0.05, 0.1) is 6.54 Å². The second kappa shape index (κ2) is 3.29. The molecule has 1 fully saturated rings. The molecule has 0 aromatic carbocycles. The largest absolute Gasteiger partial charge is 0.355 e. The Bertz CT molecular complexity index is 388. The van der Waals surface area contributed by atoms with E-state index >= 15 is 0 Å². The molecule has 6 heteroatoms. The van der Waals surface area contributed by atoms with E-state index in [-0.39, 0.29) is 18.7 Å². The molecule has 1 amide bonds. The Balaban J connectivity index is 2.10. The highest BCUT2D eigenvalue weighted by Crippen LogP contribution is 2.27. The van der Waals surface area contributed by atoms with Crippen molar-refractivity contribution >= 4 is 5.91 Å². The number of aromatic nitrogens is 1. The van der Waals surface area contributed by atoms with Crippen molar-refractivity contribution in [2.75, 3.05) is 13.1 Å². The van der Waals surface area contributed by atoms with Gasteiger partial charge in [-0.15, -0.1) is 0 Å². The lowest BCUT2D eigenvalue weighted by Crippen LogP contribution is -2.31. The highest BCUT2D eigenvalue weighted by Gasteiger charge is 2.40. The molecule has 0 bridgehead atoms. The number of hydrogen-bond acceptors (Lipinski definition) is 1. The molecular weight excluding hydrogens is 209 g/mol. The Morgan fingerprint density at radius 3 is 2.73 bits per heavy atom. The summed E-state index contributed by atoms with van der Waals surface area (Å²) >= 11 is 0. The van der Waals surface area contributed by atoms with Gasteiger partial charge in [-0.25, -0.2) is 13.2 Å². The van der Waals surface area contributed by atoms with Crippen LogP contribution in [0, 0.1) is 5.82 Å². The number of nitrogens with zero attached hydrogens (tertiary/aromatic N) is 1. The van der Waals surface area contributed by atoms with Crippen molar-refractivity contribution in [2.24, 2.45) is 0 Å². The predicted octanol–water partition coefficient (Wildman–Crippen LogP) is 1.64. The number of nitrogens with one attached hydrogen (secondary N) is 1. The minimum Gasteiger partial charge on any atom is -0.355 e. The van der Waals surface area contributed by atoms with E-state index in [0.29, 0.717) is 0 Å².